The number of rotatable bonds is 7. The molecule has 36 heavy (non-hydrogen) atoms. The largest absolute Gasteiger partial charge is 0.506 e. The van der Waals surface area contributed by atoms with Crippen LogP contribution in [0.4, 0.5) is 5.69 Å². The van der Waals surface area contributed by atoms with Crippen LogP contribution in [0.25, 0.3) is 6.08 Å². The first-order valence-corrected chi connectivity index (χ1v) is 13.6. The van der Waals surface area contributed by atoms with Crippen LogP contribution in [0.2, 0.25) is 5.02 Å². The lowest BCUT2D eigenvalue weighted by atomic mass is 10.1. The molecule has 0 aliphatic carbocycles. The first-order chi connectivity index (χ1) is 17.4. The van der Waals surface area contributed by atoms with Gasteiger partial charge in [-0.05, 0) is 76.5 Å². The van der Waals surface area contributed by atoms with Gasteiger partial charge in [0.15, 0.2) is 5.75 Å². The lowest BCUT2D eigenvalue weighted by Gasteiger charge is -2.11. The molecule has 1 heterocycles. The number of hydrogen-bond acceptors (Lipinski definition) is 6. The molecule has 1 N–H and O–H groups in total. The Hall–Kier alpha value is -2.52. The van der Waals surface area contributed by atoms with Gasteiger partial charge in [-0.15, -0.1) is 0 Å². The maximum atomic E-state index is 12.6. The van der Waals surface area contributed by atoms with Crippen molar-refractivity contribution in [3.8, 4) is 5.75 Å². The number of nitrogens with zero attached hydrogens (tertiary/aromatic N) is 1. The van der Waals surface area contributed by atoms with E-state index < -0.39 is 5.97 Å². The molecule has 1 aliphatic heterocycles. The fourth-order valence-electron chi connectivity index (χ4n) is 3.30. The van der Waals surface area contributed by atoms with Crippen LogP contribution in [0.3, 0.4) is 0 Å². The van der Waals surface area contributed by atoms with Crippen molar-refractivity contribution in [3.05, 3.63) is 108 Å². The minimum Gasteiger partial charge on any atom is -0.506 e. The van der Waals surface area contributed by atoms with E-state index in [0.717, 1.165) is 10.0 Å². The van der Waals surface area contributed by atoms with Gasteiger partial charge in [-0.2, -0.15) is 0 Å². The summed E-state index contributed by atoms with van der Waals surface area (Å²) in [5.74, 6) is -0.299. The Bertz CT molecular complexity index is 1350. The standard InChI is InChI=1S/C27H20Br2ClNO4S/c1-2-34-27(33)23-24(32)22(36-26(23)31-19-6-4-3-5-7-19)14-17-12-20(29)25(21(30)13-17)35-15-16-8-10-18(28)11-9-16/h3-14,32H,2,15H2,1H3/b22-14-,31-26?. The summed E-state index contributed by atoms with van der Waals surface area (Å²) in [6.07, 6.45) is 1.74. The summed E-state index contributed by atoms with van der Waals surface area (Å²) >= 11 is 14.7. The van der Waals surface area contributed by atoms with Gasteiger partial charge in [0.2, 0.25) is 0 Å². The molecule has 5 nitrogen and oxygen atoms in total. The molecule has 0 saturated carbocycles. The Labute approximate surface area is 235 Å². The van der Waals surface area contributed by atoms with Gasteiger partial charge in [-0.25, -0.2) is 9.79 Å². The van der Waals surface area contributed by atoms with Crippen molar-refractivity contribution in [2.45, 2.75) is 13.5 Å². The van der Waals surface area contributed by atoms with Gasteiger partial charge in [0.25, 0.3) is 0 Å². The van der Waals surface area contributed by atoms with Crippen molar-refractivity contribution >= 4 is 78.0 Å². The van der Waals surface area contributed by atoms with Crippen LogP contribution in [0.5, 0.6) is 5.75 Å². The highest BCUT2D eigenvalue weighted by Gasteiger charge is 2.33. The van der Waals surface area contributed by atoms with E-state index in [1.54, 1.807) is 19.1 Å². The van der Waals surface area contributed by atoms with Crippen molar-refractivity contribution in [2.24, 2.45) is 4.99 Å². The van der Waals surface area contributed by atoms with Crippen LogP contribution < -0.4 is 4.74 Å². The number of thioether (sulfide) groups is 1. The molecule has 0 atom stereocenters. The molecule has 1 aliphatic rings. The molecule has 0 bridgehead atoms. The first-order valence-electron chi connectivity index (χ1n) is 10.9. The van der Waals surface area contributed by atoms with E-state index in [0.29, 0.717) is 43.1 Å². The van der Waals surface area contributed by atoms with Crippen molar-refractivity contribution in [3.63, 3.8) is 0 Å². The van der Waals surface area contributed by atoms with Crippen LogP contribution in [0, 0.1) is 0 Å². The van der Waals surface area contributed by atoms with Crippen molar-refractivity contribution in [1.82, 2.24) is 0 Å². The number of aliphatic hydroxyl groups excluding tert-OH is 1. The minimum atomic E-state index is -0.628. The number of aliphatic imine (C=N–C) groups is 1. The molecular weight excluding hydrogens is 630 g/mol. The predicted octanol–water partition coefficient (Wildman–Crippen LogP) is 8.64. The smallest absolute Gasteiger partial charge is 0.344 e. The van der Waals surface area contributed by atoms with Crippen molar-refractivity contribution in [1.29, 1.82) is 0 Å². The average molecular weight is 650 g/mol. The van der Waals surface area contributed by atoms with Crippen LogP contribution in [-0.4, -0.2) is 22.7 Å². The zero-order valence-electron chi connectivity index (χ0n) is 19.0. The second kappa shape index (κ2) is 12.1. The summed E-state index contributed by atoms with van der Waals surface area (Å²) in [5.41, 5.74) is 2.41. The lowest BCUT2D eigenvalue weighted by molar-refractivity contribution is -0.138. The van der Waals surface area contributed by atoms with E-state index in [-0.39, 0.29) is 17.9 Å². The molecule has 0 radical (unpaired) electrons. The normalized spacial score (nSPS) is 15.6. The number of para-hydroxylation sites is 1. The lowest BCUT2D eigenvalue weighted by Crippen LogP contribution is -2.12. The first kappa shape index (κ1) is 26.5. The highest BCUT2D eigenvalue weighted by Crippen LogP contribution is 2.42. The summed E-state index contributed by atoms with van der Waals surface area (Å²) in [5, 5.41) is 11.7. The van der Waals surface area contributed by atoms with Gasteiger partial charge in [0.1, 0.15) is 23.0 Å². The Morgan fingerprint density at radius 1 is 1.11 bits per heavy atom. The number of benzene rings is 3. The zero-order valence-corrected chi connectivity index (χ0v) is 23.7. The van der Waals surface area contributed by atoms with E-state index in [4.69, 9.17) is 21.1 Å². The van der Waals surface area contributed by atoms with Gasteiger partial charge < -0.3 is 14.6 Å². The average Bonchev–Trinajstić information content (AvgIpc) is 3.14. The number of hydrogen-bond donors (Lipinski definition) is 1. The Morgan fingerprint density at radius 3 is 2.50 bits per heavy atom. The molecule has 184 valence electrons. The maximum Gasteiger partial charge on any atom is 0.344 e. The van der Waals surface area contributed by atoms with Gasteiger partial charge in [-0.3, -0.25) is 0 Å². The predicted molar refractivity (Wildman–Crippen MR) is 153 cm³/mol. The van der Waals surface area contributed by atoms with E-state index >= 15 is 0 Å². The molecular formula is C27H20Br2ClNO4S. The highest BCUT2D eigenvalue weighted by atomic mass is 79.9. The van der Waals surface area contributed by atoms with Crippen LogP contribution in [-0.2, 0) is 16.1 Å². The Balaban J connectivity index is 1.62. The third-order valence-corrected chi connectivity index (χ3v) is 7.39. The van der Waals surface area contributed by atoms with Gasteiger partial charge >= 0.3 is 5.97 Å². The number of carbonyl (C=O) groups excluding carboxylic acids is 1. The number of aliphatic hydroxyl groups is 1. The minimum absolute atomic E-state index is 0.0385. The topological polar surface area (TPSA) is 68.1 Å². The molecule has 0 spiro atoms. The number of esters is 1. The molecule has 4 rings (SSSR count). The van der Waals surface area contributed by atoms with E-state index in [1.165, 1.54) is 11.8 Å². The summed E-state index contributed by atoms with van der Waals surface area (Å²) in [6.45, 7) is 2.25. The molecule has 3 aromatic carbocycles. The van der Waals surface area contributed by atoms with E-state index in [1.807, 2.05) is 60.7 Å². The fraction of sp³-hybridized carbons (Fsp3) is 0.111. The molecule has 0 saturated heterocycles. The third kappa shape index (κ3) is 6.42. The van der Waals surface area contributed by atoms with Gasteiger partial charge in [-0.1, -0.05) is 69.6 Å². The fourth-order valence-corrected chi connectivity index (χ4v) is 5.59. The second-order valence-corrected chi connectivity index (χ2v) is 10.7. The molecule has 0 fully saturated rings. The quantitative estimate of drug-likeness (QED) is 0.260. The van der Waals surface area contributed by atoms with E-state index in [9.17, 15) is 9.90 Å². The highest BCUT2D eigenvalue weighted by molar-refractivity contribution is 9.10. The monoisotopic (exact) mass is 647 g/mol. The SMILES string of the molecule is CCOC(=O)C1=C(O)/C(=C/c2cc(Cl)c(OCc3ccc(Br)cc3)c(Br)c2)SC1=Nc1ccccc1. The van der Waals surface area contributed by atoms with Crippen molar-refractivity contribution < 1.29 is 19.4 Å². The van der Waals surface area contributed by atoms with Crippen LogP contribution >= 0.6 is 55.2 Å². The number of ether oxygens (including phenoxy) is 2. The van der Waals surface area contributed by atoms with Gasteiger partial charge in [0, 0.05) is 4.47 Å². The molecule has 3 aromatic rings. The van der Waals surface area contributed by atoms with Crippen LogP contribution in [0.1, 0.15) is 18.1 Å². The number of halogens is 3. The maximum absolute atomic E-state index is 12.6. The Kier molecular flexibility index (Phi) is 8.95. The zero-order chi connectivity index (χ0) is 25.7. The van der Waals surface area contributed by atoms with Gasteiger partial charge in [0.05, 0.1) is 26.7 Å². The Morgan fingerprint density at radius 2 is 1.83 bits per heavy atom. The molecule has 0 aromatic heterocycles. The summed E-state index contributed by atoms with van der Waals surface area (Å²) in [6, 6.07) is 20.6. The summed E-state index contributed by atoms with van der Waals surface area (Å²) in [7, 11) is 0. The van der Waals surface area contributed by atoms with Crippen molar-refractivity contribution in [2.75, 3.05) is 6.61 Å². The summed E-state index contributed by atoms with van der Waals surface area (Å²) in [4.78, 5) is 17.6. The van der Waals surface area contributed by atoms with Crippen LogP contribution in [0.15, 0.2) is 96.9 Å². The molecule has 9 heteroatoms. The molecule has 0 amide bonds. The van der Waals surface area contributed by atoms with E-state index in [2.05, 4.69) is 36.9 Å². The summed E-state index contributed by atoms with van der Waals surface area (Å²) < 4.78 is 12.8. The number of carbonyl (C=O) groups is 1. The second-order valence-electron chi connectivity index (χ2n) is 7.54. The third-order valence-electron chi connectivity index (χ3n) is 4.97. The molecule has 0 unspecified atom stereocenters.